The first-order valence-electron chi connectivity index (χ1n) is 10.6. The maximum atomic E-state index is 13.0. The number of carboxylic acids is 1. The van der Waals surface area contributed by atoms with Crippen molar-refractivity contribution in [2.24, 2.45) is 0 Å². The van der Waals surface area contributed by atoms with Crippen molar-refractivity contribution in [2.75, 3.05) is 0 Å². The summed E-state index contributed by atoms with van der Waals surface area (Å²) in [5.41, 5.74) is 5.59. The lowest BCUT2D eigenvalue weighted by atomic mass is 9.97. The predicted molar refractivity (Wildman–Crippen MR) is 124 cm³/mol. The molecule has 8 heteroatoms. The van der Waals surface area contributed by atoms with Crippen molar-refractivity contribution in [2.45, 2.75) is 31.9 Å². The van der Waals surface area contributed by atoms with Crippen LogP contribution in [0, 0.1) is 6.92 Å². The molecule has 0 aliphatic rings. The number of H-pyrrole nitrogens is 1. The Morgan fingerprint density at radius 1 is 1.03 bits per heavy atom. The quantitative estimate of drug-likeness (QED) is 0.331. The summed E-state index contributed by atoms with van der Waals surface area (Å²) in [6, 6.07) is 20.6. The number of amides is 1. The number of aliphatic hydroxyl groups is 1. The van der Waals surface area contributed by atoms with Crippen molar-refractivity contribution in [3.8, 4) is 11.1 Å². The van der Waals surface area contributed by atoms with E-state index in [0.29, 0.717) is 23.0 Å². The lowest BCUT2D eigenvalue weighted by molar-refractivity contribution is -0.147. The number of rotatable bonds is 8. The van der Waals surface area contributed by atoms with Crippen molar-refractivity contribution in [3.05, 3.63) is 83.4 Å². The highest BCUT2D eigenvalue weighted by molar-refractivity contribution is 5.98. The summed E-state index contributed by atoms with van der Waals surface area (Å²) in [7, 11) is 0. The summed E-state index contributed by atoms with van der Waals surface area (Å²) in [6.45, 7) is 1.83. The highest BCUT2D eigenvalue weighted by Crippen LogP contribution is 2.21. The molecule has 3 aromatic carbocycles. The minimum Gasteiger partial charge on any atom is -0.479 e. The highest BCUT2D eigenvalue weighted by Gasteiger charge is 2.23. The molecule has 4 aromatic rings. The number of aliphatic hydroxyl groups excluding tert-OH is 1. The molecule has 1 aromatic heterocycles. The standard InChI is InChI=1S/C25H24N4O4/c1-15-11-19(13-21-23(15)28-29-27-21)24(31)26-20(14-22(30)25(32)33)12-16-7-9-18(10-8-16)17-5-3-2-4-6-17/h2-11,13,20,22,30H,12,14H2,1H3,(H,26,31)(H,32,33)(H,27,28,29)/t20?,22-/m1/s1. The van der Waals surface area contributed by atoms with E-state index < -0.39 is 18.1 Å². The van der Waals surface area contributed by atoms with Crippen molar-refractivity contribution in [1.29, 1.82) is 0 Å². The van der Waals surface area contributed by atoms with Crippen LogP contribution >= 0.6 is 0 Å². The molecule has 0 bridgehead atoms. The smallest absolute Gasteiger partial charge is 0.332 e. The fourth-order valence-corrected chi connectivity index (χ4v) is 3.84. The average Bonchev–Trinajstić information content (AvgIpc) is 3.29. The molecular weight excluding hydrogens is 420 g/mol. The van der Waals surface area contributed by atoms with Gasteiger partial charge in [-0.25, -0.2) is 4.79 Å². The number of carbonyl (C=O) groups excluding carboxylic acids is 1. The van der Waals surface area contributed by atoms with Gasteiger partial charge in [-0.1, -0.05) is 59.8 Å². The zero-order chi connectivity index (χ0) is 23.4. The molecule has 0 aliphatic heterocycles. The fraction of sp³-hybridized carbons (Fsp3) is 0.200. The maximum absolute atomic E-state index is 13.0. The summed E-state index contributed by atoms with van der Waals surface area (Å²) >= 11 is 0. The van der Waals surface area contributed by atoms with E-state index in [4.69, 9.17) is 5.11 Å². The van der Waals surface area contributed by atoms with Gasteiger partial charge in [0.2, 0.25) is 0 Å². The number of aliphatic carboxylic acids is 1. The second kappa shape index (κ2) is 9.62. The minimum atomic E-state index is -1.58. The van der Waals surface area contributed by atoms with Crippen LogP contribution in [0.3, 0.4) is 0 Å². The first-order chi connectivity index (χ1) is 15.9. The van der Waals surface area contributed by atoms with Gasteiger partial charge in [-0.3, -0.25) is 9.89 Å². The average molecular weight is 444 g/mol. The molecular formula is C25H24N4O4. The largest absolute Gasteiger partial charge is 0.479 e. The van der Waals surface area contributed by atoms with Crippen LogP contribution in [0.25, 0.3) is 22.2 Å². The van der Waals surface area contributed by atoms with Crippen LogP contribution in [-0.2, 0) is 11.2 Å². The van der Waals surface area contributed by atoms with Gasteiger partial charge in [0.05, 0.1) is 5.52 Å². The van der Waals surface area contributed by atoms with Crippen LogP contribution in [-0.4, -0.2) is 49.6 Å². The number of carbonyl (C=O) groups is 2. The van der Waals surface area contributed by atoms with E-state index in [0.717, 1.165) is 22.3 Å². The Bertz CT molecular complexity index is 1270. The number of hydrogen-bond acceptors (Lipinski definition) is 5. The number of aromatic nitrogens is 3. The molecule has 0 radical (unpaired) electrons. The van der Waals surface area contributed by atoms with Crippen LogP contribution in [0.1, 0.15) is 27.9 Å². The first-order valence-corrected chi connectivity index (χ1v) is 10.6. The number of benzene rings is 3. The Balaban J connectivity index is 1.53. The molecule has 4 N–H and O–H groups in total. The van der Waals surface area contributed by atoms with Gasteiger partial charge < -0.3 is 15.5 Å². The summed E-state index contributed by atoms with van der Waals surface area (Å²) in [4.78, 5) is 24.2. The minimum absolute atomic E-state index is 0.117. The van der Waals surface area contributed by atoms with Crippen LogP contribution in [0.15, 0.2) is 66.7 Å². The maximum Gasteiger partial charge on any atom is 0.332 e. The summed E-state index contributed by atoms with van der Waals surface area (Å²) in [5, 5.41) is 32.5. The van der Waals surface area contributed by atoms with Crippen molar-refractivity contribution >= 4 is 22.9 Å². The molecule has 1 unspecified atom stereocenters. The van der Waals surface area contributed by atoms with Gasteiger partial charge in [-0.05, 0) is 47.7 Å². The number of fused-ring (bicyclic) bond motifs is 1. The zero-order valence-corrected chi connectivity index (χ0v) is 18.0. The van der Waals surface area contributed by atoms with Crippen molar-refractivity contribution in [3.63, 3.8) is 0 Å². The van der Waals surface area contributed by atoms with E-state index >= 15 is 0 Å². The molecule has 0 saturated carbocycles. The number of carboxylic acid groups (broad SMARTS) is 1. The Morgan fingerprint density at radius 2 is 1.73 bits per heavy atom. The number of aromatic amines is 1. The normalized spacial score (nSPS) is 12.9. The lowest BCUT2D eigenvalue weighted by Crippen LogP contribution is -2.40. The number of nitrogens with zero attached hydrogens (tertiary/aromatic N) is 2. The highest BCUT2D eigenvalue weighted by atomic mass is 16.4. The second-order valence-electron chi connectivity index (χ2n) is 8.03. The second-order valence-corrected chi connectivity index (χ2v) is 8.03. The monoisotopic (exact) mass is 444 g/mol. The van der Waals surface area contributed by atoms with Crippen LogP contribution in [0.2, 0.25) is 0 Å². The first kappa shape index (κ1) is 22.2. The van der Waals surface area contributed by atoms with E-state index in [2.05, 4.69) is 20.7 Å². The van der Waals surface area contributed by atoms with Gasteiger partial charge in [0.1, 0.15) is 5.52 Å². The topological polar surface area (TPSA) is 128 Å². The van der Waals surface area contributed by atoms with Crippen molar-refractivity contribution in [1.82, 2.24) is 20.7 Å². The van der Waals surface area contributed by atoms with Gasteiger partial charge in [0, 0.05) is 18.0 Å². The van der Waals surface area contributed by atoms with Gasteiger partial charge in [0.25, 0.3) is 5.91 Å². The van der Waals surface area contributed by atoms with Crippen LogP contribution in [0.4, 0.5) is 0 Å². The third-order valence-electron chi connectivity index (χ3n) is 5.55. The van der Waals surface area contributed by atoms with Gasteiger partial charge >= 0.3 is 5.97 Å². The molecule has 4 rings (SSSR count). The van der Waals surface area contributed by atoms with E-state index in [1.807, 2.05) is 61.5 Å². The number of nitrogens with one attached hydrogen (secondary N) is 2. The predicted octanol–water partition coefficient (Wildman–Crippen LogP) is 3.11. The third kappa shape index (κ3) is 5.24. The van der Waals surface area contributed by atoms with E-state index in [9.17, 15) is 14.7 Å². The van der Waals surface area contributed by atoms with Gasteiger partial charge in [-0.15, -0.1) is 5.10 Å². The molecule has 0 aliphatic carbocycles. The Hall–Kier alpha value is -4.04. The van der Waals surface area contributed by atoms with E-state index in [1.165, 1.54) is 0 Å². The van der Waals surface area contributed by atoms with Crippen molar-refractivity contribution < 1.29 is 19.8 Å². The Labute approximate surface area is 190 Å². The molecule has 0 spiro atoms. The third-order valence-corrected chi connectivity index (χ3v) is 5.55. The van der Waals surface area contributed by atoms with Crippen LogP contribution < -0.4 is 5.32 Å². The molecule has 2 atom stereocenters. The lowest BCUT2D eigenvalue weighted by Gasteiger charge is -2.21. The Kier molecular flexibility index (Phi) is 6.46. The summed E-state index contributed by atoms with van der Waals surface area (Å²) in [6.07, 6.45) is -1.33. The van der Waals surface area contributed by atoms with E-state index in [-0.39, 0.29) is 12.3 Å². The van der Waals surface area contributed by atoms with Gasteiger partial charge in [0.15, 0.2) is 6.10 Å². The summed E-state index contributed by atoms with van der Waals surface area (Å²) in [5.74, 6) is -1.69. The number of aryl methyl sites for hydroxylation is 1. The molecule has 168 valence electrons. The molecule has 8 nitrogen and oxygen atoms in total. The van der Waals surface area contributed by atoms with E-state index in [1.54, 1.807) is 12.1 Å². The molecule has 1 heterocycles. The molecule has 0 fully saturated rings. The fourth-order valence-electron chi connectivity index (χ4n) is 3.84. The molecule has 0 saturated heterocycles. The van der Waals surface area contributed by atoms with Gasteiger partial charge in [-0.2, -0.15) is 0 Å². The summed E-state index contributed by atoms with van der Waals surface area (Å²) < 4.78 is 0. The molecule has 33 heavy (non-hydrogen) atoms. The Morgan fingerprint density at radius 3 is 2.42 bits per heavy atom. The number of hydrogen-bond donors (Lipinski definition) is 4. The van der Waals surface area contributed by atoms with Crippen LogP contribution in [0.5, 0.6) is 0 Å². The SMILES string of the molecule is Cc1cc(C(=O)NC(Cc2ccc(-c3ccccc3)cc2)C[C@@H](O)C(=O)O)cc2[nH]nnc12. The zero-order valence-electron chi connectivity index (χ0n) is 18.0. The molecule has 1 amide bonds.